The van der Waals surface area contributed by atoms with E-state index in [-0.39, 0.29) is 0 Å². The molecule has 0 radical (unpaired) electrons. The zero-order valence-electron chi connectivity index (χ0n) is 13.6. The molecule has 0 aliphatic carbocycles. The standard InChI is InChI=1S/C16H32N2O2/c1-5-9-17-16(4,15(19)20)8-6-7-10-18-12-13(2)11-14(18)3/h13-14,17H,5-12H2,1-4H3,(H,19,20). The summed E-state index contributed by atoms with van der Waals surface area (Å²) in [5.74, 6) is 0.0784. The summed E-state index contributed by atoms with van der Waals surface area (Å²) >= 11 is 0. The second kappa shape index (κ2) is 7.99. The van der Waals surface area contributed by atoms with Gasteiger partial charge in [0.05, 0.1) is 0 Å². The van der Waals surface area contributed by atoms with Crippen LogP contribution in [0.1, 0.15) is 59.8 Å². The third-order valence-electron chi connectivity index (χ3n) is 4.52. The van der Waals surface area contributed by atoms with Crippen molar-refractivity contribution in [1.82, 2.24) is 10.2 Å². The van der Waals surface area contributed by atoms with Crippen LogP contribution < -0.4 is 5.32 Å². The van der Waals surface area contributed by atoms with Crippen molar-refractivity contribution in [3.63, 3.8) is 0 Å². The van der Waals surface area contributed by atoms with E-state index in [1.54, 1.807) is 0 Å². The van der Waals surface area contributed by atoms with Gasteiger partial charge >= 0.3 is 5.97 Å². The molecule has 0 saturated carbocycles. The monoisotopic (exact) mass is 284 g/mol. The fourth-order valence-corrected chi connectivity index (χ4v) is 3.16. The van der Waals surface area contributed by atoms with Gasteiger partial charge in [-0.1, -0.05) is 13.8 Å². The van der Waals surface area contributed by atoms with Crippen LogP contribution in [0.4, 0.5) is 0 Å². The number of carbonyl (C=O) groups is 1. The van der Waals surface area contributed by atoms with Gasteiger partial charge in [-0.05, 0) is 65.0 Å². The molecule has 0 aromatic rings. The van der Waals surface area contributed by atoms with Gasteiger partial charge in [-0.15, -0.1) is 0 Å². The molecule has 3 unspecified atom stereocenters. The second-order valence-electron chi connectivity index (χ2n) is 6.71. The molecule has 3 atom stereocenters. The molecule has 0 aromatic carbocycles. The number of aliphatic carboxylic acids is 1. The fourth-order valence-electron chi connectivity index (χ4n) is 3.16. The SMILES string of the molecule is CCCNC(C)(CCCCN1CC(C)CC1C)C(=O)O. The van der Waals surface area contributed by atoms with Gasteiger partial charge in [0, 0.05) is 12.6 Å². The predicted octanol–water partition coefficient (Wildman–Crippen LogP) is 2.73. The van der Waals surface area contributed by atoms with Crippen LogP contribution in [0.2, 0.25) is 0 Å². The van der Waals surface area contributed by atoms with E-state index in [0.717, 1.165) is 38.3 Å². The maximum absolute atomic E-state index is 11.4. The van der Waals surface area contributed by atoms with E-state index in [1.165, 1.54) is 13.0 Å². The Kier molecular flexibility index (Phi) is 6.96. The van der Waals surface area contributed by atoms with Crippen molar-refractivity contribution in [2.75, 3.05) is 19.6 Å². The summed E-state index contributed by atoms with van der Waals surface area (Å²) in [7, 11) is 0. The summed E-state index contributed by atoms with van der Waals surface area (Å²) in [5.41, 5.74) is -0.764. The Balaban J connectivity index is 2.29. The highest BCUT2D eigenvalue weighted by Crippen LogP contribution is 2.23. The molecule has 0 amide bonds. The Morgan fingerprint density at radius 2 is 2.10 bits per heavy atom. The summed E-state index contributed by atoms with van der Waals surface area (Å²) in [6.45, 7) is 11.6. The minimum absolute atomic E-state index is 0.689. The molecule has 4 heteroatoms. The van der Waals surface area contributed by atoms with E-state index < -0.39 is 11.5 Å². The van der Waals surface area contributed by atoms with Gasteiger partial charge in [-0.3, -0.25) is 4.79 Å². The first kappa shape index (κ1) is 17.4. The minimum Gasteiger partial charge on any atom is -0.480 e. The first-order valence-corrected chi connectivity index (χ1v) is 8.11. The first-order chi connectivity index (χ1) is 9.39. The number of unbranched alkanes of at least 4 members (excludes halogenated alkanes) is 1. The molecule has 1 aliphatic heterocycles. The van der Waals surface area contributed by atoms with E-state index in [0.29, 0.717) is 12.5 Å². The molecule has 1 aliphatic rings. The second-order valence-corrected chi connectivity index (χ2v) is 6.71. The number of hydrogen-bond donors (Lipinski definition) is 2. The quantitative estimate of drug-likeness (QED) is 0.639. The Morgan fingerprint density at radius 1 is 1.40 bits per heavy atom. The highest BCUT2D eigenvalue weighted by Gasteiger charge is 2.31. The summed E-state index contributed by atoms with van der Waals surface area (Å²) < 4.78 is 0. The van der Waals surface area contributed by atoms with Crippen LogP contribution in [0, 0.1) is 5.92 Å². The van der Waals surface area contributed by atoms with Crippen molar-refractivity contribution >= 4 is 5.97 Å². The lowest BCUT2D eigenvalue weighted by Crippen LogP contribution is -2.49. The Bertz CT molecular complexity index is 309. The summed E-state index contributed by atoms with van der Waals surface area (Å²) in [6, 6.07) is 0.689. The van der Waals surface area contributed by atoms with Crippen molar-refractivity contribution in [3.8, 4) is 0 Å². The van der Waals surface area contributed by atoms with Crippen LogP contribution in [0.5, 0.6) is 0 Å². The molecule has 20 heavy (non-hydrogen) atoms. The Morgan fingerprint density at radius 3 is 2.60 bits per heavy atom. The van der Waals surface area contributed by atoms with Crippen LogP contribution in [-0.4, -0.2) is 47.2 Å². The number of likely N-dealkylation sites (tertiary alicyclic amines) is 1. The summed E-state index contributed by atoms with van der Waals surface area (Å²) in [6.07, 6.45) is 5.03. The van der Waals surface area contributed by atoms with Crippen LogP contribution in [0.15, 0.2) is 0 Å². The number of carboxylic acid groups (broad SMARTS) is 1. The highest BCUT2D eigenvalue weighted by atomic mass is 16.4. The largest absolute Gasteiger partial charge is 0.480 e. The zero-order valence-corrected chi connectivity index (χ0v) is 13.6. The Hall–Kier alpha value is -0.610. The van der Waals surface area contributed by atoms with Crippen LogP contribution in [0.3, 0.4) is 0 Å². The van der Waals surface area contributed by atoms with Gasteiger partial charge < -0.3 is 15.3 Å². The van der Waals surface area contributed by atoms with Crippen LogP contribution in [-0.2, 0) is 4.79 Å². The van der Waals surface area contributed by atoms with Crippen molar-refractivity contribution in [3.05, 3.63) is 0 Å². The molecule has 0 bridgehead atoms. The van der Waals surface area contributed by atoms with Gasteiger partial charge in [0.1, 0.15) is 5.54 Å². The average Bonchev–Trinajstić information content (AvgIpc) is 2.70. The van der Waals surface area contributed by atoms with Crippen LogP contribution >= 0.6 is 0 Å². The molecule has 118 valence electrons. The van der Waals surface area contributed by atoms with E-state index >= 15 is 0 Å². The van der Waals surface area contributed by atoms with Gasteiger partial charge in [0.15, 0.2) is 0 Å². The molecule has 1 saturated heterocycles. The lowest BCUT2D eigenvalue weighted by molar-refractivity contribution is -0.144. The fraction of sp³-hybridized carbons (Fsp3) is 0.938. The molecule has 2 N–H and O–H groups in total. The molecular formula is C16H32N2O2. The molecule has 4 nitrogen and oxygen atoms in total. The first-order valence-electron chi connectivity index (χ1n) is 8.11. The average molecular weight is 284 g/mol. The number of nitrogens with one attached hydrogen (secondary N) is 1. The Labute approximate surface area is 123 Å². The van der Waals surface area contributed by atoms with Crippen molar-refractivity contribution in [2.45, 2.75) is 71.4 Å². The summed E-state index contributed by atoms with van der Waals surface area (Å²) in [5, 5.41) is 12.6. The molecular weight excluding hydrogens is 252 g/mol. The lowest BCUT2D eigenvalue weighted by Gasteiger charge is -2.27. The van der Waals surface area contributed by atoms with E-state index in [9.17, 15) is 9.90 Å². The topological polar surface area (TPSA) is 52.6 Å². The van der Waals surface area contributed by atoms with Crippen molar-refractivity contribution in [1.29, 1.82) is 0 Å². The number of rotatable bonds is 9. The maximum Gasteiger partial charge on any atom is 0.323 e. The summed E-state index contributed by atoms with van der Waals surface area (Å²) in [4.78, 5) is 13.9. The lowest BCUT2D eigenvalue weighted by atomic mass is 9.94. The highest BCUT2D eigenvalue weighted by molar-refractivity contribution is 5.78. The molecule has 0 aromatic heterocycles. The molecule has 1 fully saturated rings. The molecule has 0 spiro atoms. The van der Waals surface area contributed by atoms with Gasteiger partial charge in [0.2, 0.25) is 0 Å². The van der Waals surface area contributed by atoms with Gasteiger partial charge in [-0.2, -0.15) is 0 Å². The predicted molar refractivity (Wildman–Crippen MR) is 83.0 cm³/mol. The third kappa shape index (κ3) is 5.06. The van der Waals surface area contributed by atoms with Crippen LogP contribution in [0.25, 0.3) is 0 Å². The number of nitrogens with zero attached hydrogens (tertiary/aromatic N) is 1. The normalized spacial score (nSPS) is 26.6. The third-order valence-corrected chi connectivity index (χ3v) is 4.52. The zero-order chi connectivity index (χ0) is 15.2. The number of carboxylic acids is 1. The van der Waals surface area contributed by atoms with Crippen molar-refractivity contribution in [2.24, 2.45) is 5.92 Å². The maximum atomic E-state index is 11.4. The van der Waals surface area contributed by atoms with E-state index in [4.69, 9.17) is 0 Å². The number of hydrogen-bond acceptors (Lipinski definition) is 3. The van der Waals surface area contributed by atoms with Crippen molar-refractivity contribution < 1.29 is 9.90 Å². The molecule has 1 heterocycles. The van der Waals surface area contributed by atoms with Gasteiger partial charge in [0.25, 0.3) is 0 Å². The smallest absolute Gasteiger partial charge is 0.323 e. The molecule has 1 rings (SSSR count). The van der Waals surface area contributed by atoms with E-state index in [2.05, 4.69) is 31.0 Å². The van der Waals surface area contributed by atoms with Gasteiger partial charge in [-0.25, -0.2) is 0 Å². The minimum atomic E-state index is -0.764. The van der Waals surface area contributed by atoms with E-state index in [1.807, 2.05) is 6.92 Å².